The van der Waals surface area contributed by atoms with E-state index in [1.807, 2.05) is 30.3 Å². The van der Waals surface area contributed by atoms with Crippen molar-refractivity contribution >= 4 is 11.9 Å². The molecule has 0 aliphatic carbocycles. The van der Waals surface area contributed by atoms with Crippen molar-refractivity contribution in [3.63, 3.8) is 0 Å². The molecule has 2 aromatic rings. The maximum atomic E-state index is 12.1. The molecule has 1 aromatic carbocycles. The normalized spacial score (nSPS) is 10.7. The lowest BCUT2D eigenvalue weighted by Gasteiger charge is -2.17. The van der Waals surface area contributed by atoms with Crippen LogP contribution in [0.2, 0.25) is 0 Å². The summed E-state index contributed by atoms with van der Waals surface area (Å²) < 4.78 is 18.1. The molecule has 0 atom stereocenters. The summed E-state index contributed by atoms with van der Waals surface area (Å²) in [5.41, 5.74) is -1.04. The Balaban J connectivity index is 2.10. The summed E-state index contributed by atoms with van der Waals surface area (Å²) in [4.78, 5) is 48.4. The quantitative estimate of drug-likeness (QED) is 0.289. The molecule has 0 amide bonds. The maximum absolute atomic E-state index is 12.1. The largest absolute Gasteiger partial charge is 0.463 e. The number of hydrogen-bond acceptors (Lipinski definition) is 7. The molecule has 10 heteroatoms. The molecule has 28 heavy (non-hydrogen) atoms. The summed E-state index contributed by atoms with van der Waals surface area (Å²) in [5.74, 6) is -1.01. The summed E-state index contributed by atoms with van der Waals surface area (Å²) in [6, 6.07) is 9.51. The van der Waals surface area contributed by atoms with E-state index in [9.17, 15) is 19.2 Å². The van der Waals surface area contributed by atoms with Crippen LogP contribution in [0.3, 0.4) is 0 Å². The molecule has 0 unspecified atom stereocenters. The van der Waals surface area contributed by atoms with Gasteiger partial charge in [0.1, 0.15) is 26.0 Å². The number of carbonyl (C=O) groups excluding carboxylic acids is 2. The van der Waals surface area contributed by atoms with Crippen molar-refractivity contribution < 1.29 is 45.0 Å². The van der Waals surface area contributed by atoms with Crippen LogP contribution in [0.15, 0.2) is 46.1 Å². The van der Waals surface area contributed by atoms with Crippen LogP contribution in [-0.4, -0.2) is 40.8 Å². The number of hydrogen-bond donors (Lipinski definition) is 1. The van der Waals surface area contributed by atoms with Crippen molar-refractivity contribution in [1.29, 1.82) is 0 Å². The van der Waals surface area contributed by atoms with Crippen molar-refractivity contribution in [2.24, 2.45) is 0 Å². The van der Waals surface area contributed by atoms with Crippen LogP contribution in [-0.2, 0) is 30.5 Å². The number of carbonyl (C=O) groups is 2. The Morgan fingerprint density at radius 2 is 1.68 bits per heavy atom. The first-order chi connectivity index (χ1) is 13.3. The van der Waals surface area contributed by atoms with Crippen LogP contribution in [0, 0.1) is 7.14 Å². The fourth-order valence-electron chi connectivity index (χ4n) is 1.99. The summed E-state index contributed by atoms with van der Waals surface area (Å²) in [6.45, 7) is 2.02. The number of esters is 2. The predicted octanol–water partition coefficient (Wildman–Crippen LogP) is -2.87. The second-order valence-electron chi connectivity index (χ2n) is 5.62. The van der Waals surface area contributed by atoms with Gasteiger partial charge in [0.25, 0.3) is 3.57 Å². The molecule has 1 N–H and O–H groups in total. The second-order valence-corrected chi connectivity index (χ2v) is 8.57. The first-order valence-electron chi connectivity index (χ1n) is 8.27. The van der Waals surface area contributed by atoms with Crippen LogP contribution >= 0.6 is 0 Å². The number of H-pyrrole nitrogens is 1. The van der Waals surface area contributed by atoms with Gasteiger partial charge in [0.15, 0.2) is 3.57 Å². The molecule has 1 heterocycles. The van der Waals surface area contributed by atoms with Crippen molar-refractivity contribution in [3.8, 4) is 0 Å². The van der Waals surface area contributed by atoms with Crippen LogP contribution in [0.4, 0.5) is 0 Å². The fourth-order valence-corrected chi connectivity index (χ4v) is 4.29. The van der Waals surface area contributed by atoms with Crippen molar-refractivity contribution in [1.82, 2.24) is 9.55 Å². The highest BCUT2D eigenvalue weighted by Crippen LogP contribution is 1.98. The zero-order valence-corrected chi connectivity index (χ0v) is 17.5. The smallest absolute Gasteiger partial charge is 0.365 e. The average Bonchev–Trinajstić information content (AvgIpc) is 2.64. The van der Waals surface area contributed by atoms with Gasteiger partial charge < -0.3 is 14.2 Å². The number of benzene rings is 1. The maximum Gasteiger partial charge on any atom is 0.365 e. The lowest BCUT2D eigenvalue weighted by molar-refractivity contribution is -0.599. The number of ether oxygens (including phenoxy) is 3. The van der Waals surface area contributed by atoms with E-state index in [1.54, 1.807) is 0 Å². The minimum atomic E-state index is -0.779. The lowest BCUT2D eigenvalue weighted by Crippen LogP contribution is -3.62. The van der Waals surface area contributed by atoms with Crippen molar-refractivity contribution in [2.75, 3.05) is 13.2 Å². The SMILES string of the molecule is CC(=O)OCC(COC(C)=O)OCn1cc([I+]c2ccccc2)c(=O)[nH]c1=O. The van der Waals surface area contributed by atoms with Gasteiger partial charge in [-0.25, -0.2) is 4.79 Å². The number of nitrogens with zero attached hydrogens (tertiary/aromatic N) is 1. The Morgan fingerprint density at radius 1 is 1.07 bits per heavy atom. The van der Waals surface area contributed by atoms with E-state index >= 15 is 0 Å². The van der Waals surface area contributed by atoms with E-state index in [0.29, 0.717) is 3.57 Å². The summed E-state index contributed by atoms with van der Waals surface area (Å²) in [5, 5.41) is 0. The Morgan fingerprint density at radius 3 is 2.25 bits per heavy atom. The number of halogens is 1. The molecule has 2 rings (SSSR count). The molecule has 0 spiro atoms. The van der Waals surface area contributed by atoms with E-state index in [4.69, 9.17) is 14.2 Å². The molecule has 0 bridgehead atoms. The van der Waals surface area contributed by atoms with Gasteiger partial charge in [-0.05, 0) is 12.1 Å². The van der Waals surface area contributed by atoms with Gasteiger partial charge in [0, 0.05) is 13.8 Å². The van der Waals surface area contributed by atoms with E-state index in [2.05, 4.69) is 4.98 Å². The van der Waals surface area contributed by atoms with E-state index in [0.717, 1.165) is 3.57 Å². The highest BCUT2D eigenvalue weighted by molar-refractivity contribution is 5.66. The standard InChI is InChI=1S/C18H19IN2O7/c1-12(22)26-9-15(10-27-13(2)23)28-11-21-8-16(17(24)20-18(21)25)19-14-6-4-3-5-7-14/h3-8,15H,9-11H2,1-2H3/p+1. The second kappa shape index (κ2) is 10.8. The molecular formula is C18H20IN2O7+. The van der Waals surface area contributed by atoms with Gasteiger partial charge >= 0.3 is 44.4 Å². The van der Waals surface area contributed by atoms with E-state index < -0.39 is 50.5 Å². The number of rotatable bonds is 9. The van der Waals surface area contributed by atoms with Gasteiger partial charge in [0.2, 0.25) is 0 Å². The third-order valence-corrected chi connectivity index (χ3v) is 6.00. The third-order valence-electron chi connectivity index (χ3n) is 3.31. The topological polar surface area (TPSA) is 117 Å². The van der Waals surface area contributed by atoms with Gasteiger partial charge in [-0.2, -0.15) is 0 Å². The number of aromatic amines is 1. The van der Waals surface area contributed by atoms with Gasteiger partial charge in [-0.1, -0.05) is 18.2 Å². The summed E-state index contributed by atoms with van der Waals surface area (Å²) in [7, 11) is 0. The van der Waals surface area contributed by atoms with Gasteiger partial charge in [-0.3, -0.25) is 23.9 Å². The molecular weight excluding hydrogens is 483 g/mol. The molecule has 0 saturated carbocycles. The highest BCUT2D eigenvalue weighted by atomic mass is 127. The van der Waals surface area contributed by atoms with E-state index in [1.165, 1.54) is 24.6 Å². The van der Waals surface area contributed by atoms with E-state index in [-0.39, 0.29) is 19.9 Å². The molecule has 0 radical (unpaired) electrons. The Bertz CT molecular complexity index is 906. The Labute approximate surface area is 170 Å². The van der Waals surface area contributed by atoms with Crippen molar-refractivity contribution in [2.45, 2.75) is 26.7 Å². The number of aromatic nitrogens is 2. The Kier molecular flexibility index (Phi) is 8.39. The van der Waals surface area contributed by atoms with Crippen LogP contribution in [0.5, 0.6) is 0 Å². The lowest BCUT2D eigenvalue weighted by atomic mass is 10.4. The third kappa shape index (κ3) is 7.27. The van der Waals surface area contributed by atoms with Crippen LogP contribution in [0.25, 0.3) is 0 Å². The molecule has 0 saturated heterocycles. The average molecular weight is 503 g/mol. The zero-order chi connectivity index (χ0) is 20.5. The van der Waals surface area contributed by atoms with Gasteiger partial charge in [0.05, 0.1) is 6.20 Å². The minimum Gasteiger partial charge on any atom is -0.463 e. The Hall–Kier alpha value is -2.47. The van der Waals surface area contributed by atoms with Crippen molar-refractivity contribution in [3.05, 3.63) is 64.5 Å². The predicted molar refractivity (Wildman–Crippen MR) is 93.3 cm³/mol. The highest BCUT2D eigenvalue weighted by Gasteiger charge is 2.22. The molecule has 1 aromatic heterocycles. The summed E-state index contributed by atoms with van der Waals surface area (Å²) >= 11 is -0.779. The zero-order valence-electron chi connectivity index (χ0n) is 15.3. The monoisotopic (exact) mass is 503 g/mol. The molecule has 0 aliphatic heterocycles. The number of nitrogens with one attached hydrogen (secondary N) is 1. The van der Waals surface area contributed by atoms with Crippen LogP contribution in [0.1, 0.15) is 13.8 Å². The van der Waals surface area contributed by atoms with Crippen LogP contribution < -0.4 is 32.5 Å². The molecule has 150 valence electrons. The first kappa shape index (κ1) is 21.8. The van der Waals surface area contributed by atoms with Gasteiger partial charge in [-0.15, -0.1) is 0 Å². The molecule has 0 fully saturated rings. The summed E-state index contributed by atoms with van der Waals surface area (Å²) in [6.07, 6.45) is 0.717. The fraction of sp³-hybridized carbons (Fsp3) is 0.333. The first-order valence-corrected chi connectivity index (χ1v) is 10.4. The minimum absolute atomic E-state index is 0.134. The molecule has 9 nitrogen and oxygen atoms in total. The molecule has 0 aliphatic rings.